The van der Waals surface area contributed by atoms with E-state index in [9.17, 15) is 0 Å². The van der Waals surface area contributed by atoms with E-state index in [2.05, 4.69) is 88.1 Å². The molecule has 0 fully saturated rings. The normalized spacial score (nSPS) is 12.6. The van der Waals surface area contributed by atoms with Crippen LogP contribution >= 0.6 is 0 Å². The molecule has 0 spiro atoms. The molecule has 0 N–H and O–H groups in total. The van der Waals surface area contributed by atoms with Gasteiger partial charge in [-0.25, -0.2) is 0 Å². The average Bonchev–Trinajstić information content (AvgIpc) is 2.66. The molecule has 142 valence electrons. The number of benzene rings is 2. The van der Waals surface area contributed by atoms with Gasteiger partial charge in [0.25, 0.3) is 0 Å². The Bertz CT molecular complexity index is 1150. The standard InChI is InChI=1S/C26H28N2/c1-25(2,3)22-8-9-24-20(13-22)12-18(16-28-24)15-26(4,5)23-7-6-19-10-11-27-17-21(19)14-23/h6-14,16-17H,15H2,1-5H3. The largest absolute Gasteiger partial charge is 0.264 e. The van der Waals surface area contributed by atoms with E-state index in [1.165, 1.54) is 32.8 Å². The molecule has 2 nitrogen and oxygen atoms in total. The van der Waals surface area contributed by atoms with Gasteiger partial charge in [0, 0.05) is 29.4 Å². The summed E-state index contributed by atoms with van der Waals surface area (Å²) in [6.45, 7) is 11.4. The fraction of sp³-hybridized carbons (Fsp3) is 0.308. The van der Waals surface area contributed by atoms with E-state index in [1.54, 1.807) is 0 Å². The van der Waals surface area contributed by atoms with Crippen molar-refractivity contribution in [3.8, 4) is 0 Å². The van der Waals surface area contributed by atoms with Crippen LogP contribution in [0.25, 0.3) is 21.7 Å². The van der Waals surface area contributed by atoms with Gasteiger partial charge in [-0.2, -0.15) is 0 Å². The van der Waals surface area contributed by atoms with Crippen LogP contribution in [0.4, 0.5) is 0 Å². The molecule has 0 unspecified atom stereocenters. The first-order chi connectivity index (χ1) is 13.2. The second-order valence-electron chi connectivity index (χ2n) is 9.50. The van der Waals surface area contributed by atoms with Crippen molar-refractivity contribution in [2.45, 2.75) is 51.9 Å². The minimum atomic E-state index is 0.0149. The highest BCUT2D eigenvalue weighted by atomic mass is 14.7. The summed E-state index contributed by atoms with van der Waals surface area (Å²) in [6, 6.07) is 17.7. The third kappa shape index (κ3) is 3.64. The highest BCUT2D eigenvalue weighted by Crippen LogP contribution is 2.31. The number of aromatic nitrogens is 2. The molecule has 0 saturated heterocycles. The van der Waals surface area contributed by atoms with E-state index < -0.39 is 0 Å². The Balaban J connectivity index is 1.68. The SMILES string of the molecule is CC(C)(C)c1ccc2ncc(CC(C)(C)c3ccc4ccncc4c3)cc2c1. The topological polar surface area (TPSA) is 25.8 Å². The van der Waals surface area contributed by atoms with Crippen molar-refractivity contribution >= 4 is 21.7 Å². The number of hydrogen-bond acceptors (Lipinski definition) is 2. The summed E-state index contributed by atoms with van der Waals surface area (Å²) in [4.78, 5) is 8.99. The summed E-state index contributed by atoms with van der Waals surface area (Å²) < 4.78 is 0. The third-order valence-corrected chi connectivity index (χ3v) is 5.67. The van der Waals surface area contributed by atoms with Gasteiger partial charge in [-0.05, 0) is 69.7 Å². The van der Waals surface area contributed by atoms with Crippen molar-refractivity contribution in [1.29, 1.82) is 0 Å². The average molecular weight is 369 g/mol. The van der Waals surface area contributed by atoms with Crippen LogP contribution in [0.2, 0.25) is 0 Å². The van der Waals surface area contributed by atoms with Crippen molar-refractivity contribution in [2.24, 2.45) is 0 Å². The molecule has 2 heteroatoms. The molecule has 2 aromatic heterocycles. The summed E-state index contributed by atoms with van der Waals surface area (Å²) in [6.07, 6.45) is 6.77. The first-order valence-electron chi connectivity index (χ1n) is 9.96. The number of nitrogens with zero attached hydrogens (tertiary/aromatic N) is 2. The van der Waals surface area contributed by atoms with Gasteiger partial charge in [0.05, 0.1) is 5.52 Å². The molecule has 4 aromatic rings. The summed E-state index contributed by atoms with van der Waals surface area (Å²) in [5.41, 5.74) is 5.17. The molecule has 0 amide bonds. The minimum Gasteiger partial charge on any atom is -0.264 e. The number of fused-ring (bicyclic) bond motifs is 2. The lowest BCUT2D eigenvalue weighted by molar-refractivity contribution is 0.522. The van der Waals surface area contributed by atoms with Crippen LogP contribution in [0, 0.1) is 0 Å². The minimum absolute atomic E-state index is 0.0149. The van der Waals surface area contributed by atoms with Crippen molar-refractivity contribution in [1.82, 2.24) is 9.97 Å². The summed E-state index contributed by atoms with van der Waals surface area (Å²) in [5, 5.41) is 3.65. The van der Waals surface area contributed by atoms with Crippen molar-refractivity contribution in [2.75, 3.05) is 0 Å². The number of pyridine rings is 2. The van der Waals surface area contributed by atoms with Crippen molar-refractivity contribution in [3.05, 3.63) is 83.8 Å². The van der Waals surface area contributed by atoms with E-state index in [4.69, 9.17) is 4.98 Å². The smallest absolute Gasteiger partial charge is 0.0702 e. The van der Waals surface area contributed by atoms with Gasteiger partial charge in [0.15, 0.2) is 0 Å². The van der Waals surface area contributed by atoms with Crippen LogP contribution in [0.1, 0.15) is 51.3 Å². The second kappa shape index (κ2) is 6.70. The monoisotopic (exact) mass is 368 g/mol. The van der Waals surface area contributed by atoms with Gasteiger partial charge in [0.2, 0.25) is 0 Å². The Morgan fingerprint density at radius 3 is 2.25 bits per heavy atom. The van der Waals surface area contributed by atoms with Crippen molar-refractivity contribution in [3.63, 3.8) is 0 Å². The molecule has 2 aromatic carbocycles. The lowest BCUT2D eigenvalue weighted by Gasteiger charge is -2.26. The molecule has 0 saturated carbocycles. The van der Waals surface area contributed by atoms with Gasteiger partial charge in [0.1, 0.15) is 0 Å². The summed E-state index contributed by atoms with van der Waals surface area (Å²) >= 11 is 0. The molecule has 0 aliphatic rings. The molecular weight excluding hydrogens is 340 g/mol. The Morgan fingerprint density at radius 1 is 0.714 bits per heavy atom. The van der Waals surface area contributed by atoms with Gasteiger partial charge in [-0.3, -0.25) is 9.97 Å². The molecule has 0 bridgehead atoms. The van der Waals surface area contributed by atoms with Crippen LogP contribution in [0.3, 0.4) is 0 Å². The predicted molar refractivity (Wildman–Crippen MR) is 119 cm³/mol. The Labute approximate surface area is 167 Å². The van der Waals surface area contributed by atoms with Gasteiger partial charge in [-0.15, -0.1) is 0 Å². The van der Waals surface area contributed by atoms with Crippen LogP contribution < -0.4 is 0 Å². The Hall–Kier alpha value is -2.74. The first kappa shape index (κ1) is 18.6. The van der Waals surface area contributed by atoms with Crippen LogP contribution in [0.15, 0.2) is 67.1 Å². The van der Waals surface area contributed by atoms with Crippen molar-refractivity contribution < 1.29 is 0 Å². The molecule has 0 aliphatic heterocycles. The lowest BCUT2D eigenvalue weighted by atomic mass is 9.78. The van der Waals surface area contributed by atoms with E-state index in [0.717, 1.165) is 11.9 Å². The zero-order valence-electron chi connectivity index (χ0n) is 17.5. The molecule has 2 heterocycles. The Kier molecular flexibility index (Phi) is 4.45. The van der Waals surface area contributed by atoms with Gasteiger partial charge < -0.3 is 0 Å². The molecule has 28 heavy (non-hydrogen) atoms. The van der Waals surface area contributed by atoms with Gasteiger partial charge >= 0.3 is 0 Å². The summed E-state index contributed by atoms with van der Waals surface area (Å²) in [5.74, 6) is 0. The maximum atomic E-state index is 4.72. The molecular formula is C26H28N2. The lowest BCUT2D eigenvalue weighted by Crippen LogP contribution is -2.20. The fourth-order valence-electron chi connectivity index (χ4n) is 3.86. The second-order valence-corrected chi connectivity index (χ2v) is 9.50. The fourth-order valence-corrected chi connectivity index (χ4v) is 3.86. The summed E-state index contributed by atoms with van der Waals surface area (Å²) in [7, 11) is 0. The van der Waals surface area contributed by atoms with Gasteiger partial charge in [-0.1, -0.05) is 52.8 Å². The van der Waals surface area contributed by atoms with Crippen LogP contribution in [0.5, 0.6) is 0 Å². The molecule has 0 aliphatic carbocycles. The predicted octanol–water partition coefficient (Wildman–Crippen LogP) is 6.60. The van der Waals surface area contributed by atoms with E-state index in [0.29, 0.717) is 0 Å². The van der Waals surface area contributed by atoms with Crippen LogP contribution in [-0.2, 0) is 17.3 Å². The number of rotatable bonds is 3. The molecule has 0 atom stereocenters. The van der Waals surface area contributed by atoms with Crippen LogP contribution in [-0.4, -0.2) is 9.97 Å². The maximum absolute atomic E-state index is 4.72. The molecule has 4 rings (SSSR count). The van der Waals surface area contributed by atoms with E-state index in [-0.39, 0.29) is 10.8 Å². The zero-order valence-corrected chi connectivity index (χ0v) is 17.5. The quantitative estimate of drug-likeness (QED) is 0.407. The molecule has 0 radical (unpaired) electrons. The Morgan fingerprint density at radius 2 is 1.46 bits per heavy atom. The van der Waals surface area contributed by atoms with E-state index >= 15 is 0 Å². The first-order valence-corrected chi connectivity index (χ1v) is 9.96. The highest BCUT2D eigenvalue weighted by molar-refractivity contribution is 5.82. The maximum Gasteiger partial charge on any atom is 0.0702 e. The number of hydrogen-bond donors (Lipinski definition) is 0. The zero-order chi connectivity index (χ0) is 19.9. The third-order valence-electron chi connectivity index (χ3n) is 5.67. The van der Waals surface area contributed by atoms with E-state index in [1.807, 2.05) is 18.6 Å². The highest BCUT2D eigenvalue weighted by Gasteiger charge is 2.22.